The lowest BCUT2D eigenvalue weighted by Crippen LogP contribution is -2.03. The topological polar surface area (TPSA) is 288 Å². The fourth-order valence-electron chi connectivity index (χ4n) is 4.25. The molecule has 0 unspecified atom stereocenters. The molecule has 5 rings (SSSR count). The second-order valence-corrected chi connectivity index (χ2v) is 13.7. The summed E-state index contributed by atoms with van der Waals surface area (Å²) in [7, 11) is -14.8. The minimum Gasteiger partial charge on any atom is -0.396 e. The van der Waals surface area contributed by atoms with Gasteiger partial charge in [-0.25, -0.2) is 0 Å². The molecule has 242 valence electrons. The molecule has 0 aliphatic rings. The van der Waals surface area contributed by atoms with Crippen LogP contribution in [0.2, 0.25) is 0 Å². The maximum absolute atomic E-state index is 12.3. The number of nitrogen functional groups attached to an aromatic ring is 1. The maximum atomic E-state index is 12.3. The molecule has 0 spiro atoms. The smallest absolute Gasteiger partial charge is 0.296 e. The molecule has 0 aliphatic carbocycles. The van der Waals surface area contributed by atoms with E-state index in [4.69, 9.17) is 5.73 Å². The van der Waals surface area contributed by atoms with Gasteiger partial charge in [-0.3, -0.25) is 23.8 Å². The van der Waals surface area contributed by atoms with Crippen molar-refractivity contribution in [2.75, 3.05) is 5.73 Å². The number of aromatic nitrogens is 3. The van der Waals surface area contributed by atoms with Gasteiger partial charge < -0.3 is 5.73 Å². The van der Waals surface area contributed by atoms with E-state index in [0.29, 0.717) is 11.8 Å². The third-order valence-corrected chi connectivity index (χ3v) is 9.10. The first-order valence-electron chi connectivity index (χ1n) is 12.6. The molecule has 47 heavy (non-hydrogen) atoms. The van der Waals surface area contributed by atoms with E-state index in [-0.39, 0.29) is 33.5 Å². The highest BCUT2D eigenvalue weighted by molar-refractivity contribution is 7.86. The highest BCUT2D eigenvalue weighted by atomic mass is 32.2. The number of nitrogens with zero attached hydrogens (tertiary/aromatic N) is 6. The molecule has 18 nitrogen and oxygen atoms in total. The molecule has 0 saturated carbocycles. The van der Waals surface area contributed by atoms with Crippen molar-refractivity contribution in [3.8, 4) is 5.69 Å². The number of benzene rings is 4. The first kappa shape index (κ1) is 32.9. The summed E-state index contributed by atoms with van der Waals surface area (Å²) in [5.74, 6) is 0. The molecule has 1 aromatic heterocycles. The molecule has 0 bridgehead atoms. The lowest BCUT2D eigenvalue weighted by Gasteiger charge is -2.07. The number of nitro groups is 1. The molecular weight excluding hydrogens is 683 g/mol. The number of fused-ring (bicyclic) bond motifs is 1. The van der Waals surface area contributed by atoms with Gasteiger partial charge in [0.05, 0.1) is 22.0 Å². The van der Waals surface area contributed by atoms with Gasteiger partial charge in [-0.05, 0) is 47.5 Å². The molecule has 5 aromatic rings. The molecular formula is C26H19N7O11S3. The van der Waals surface area contributed by atoms with E-state index in [0.717, 1.165) is 47.3 Å². The van der Waals surface area contributed by atoms with Crippen LogP contribution in [0.15, 0.2) is 97.7 Å². The molecule has 0 amide bonds. The average Bonchev–Trinajstić information content (AvgIpc) is 3.42. The number of hydrogen-bond acceptors (Lipinski definition) is 13. The van der Waals surface area contributed by atoms with E-state index in [1.807, 2.05) is 0 Å². The Morgan fingerprint density at radius 1 is 0.745 bits per heavy atom. The fraction of sp³-hybridized carbons (Fsp3) is 0. The maximum Gasteiger partial charge on any atom is 0.296 e. The molecule has 4 aromatic carbocycles. The van der Waals surface area contributed by atoms with Gasteiger partial charge >= 0.3 is 0 Å². The zero-order chi connectivity index (χ0) is 34.3. The van der Waals surface area contributed by atoms with Gasteiger partial charge in [-0.2, -0.15) is 35.2 Å². The molecule has 0 radical (unpaired) electrons. The zero-order valence-corrected chi connectivity index (χ0v) is 25.6. The summed E-state index contributed by atoms with van der Waals surface area (Å²) >= 11 is 0. The largest absolute Gasteiger partial charge is 0.396 e. The number of nitro benzene ring substituents is 1. The number of rotatable bonds is 9. The number of nitrogens with two attached hydrogens (primary N) is 1. The Morgan fingerprint density at radius 3 is 1.89 bits per heavy atom. The van der Waals surface area contributed by atoms with E-state index < -0.39 is 61.3 Å². The number of anilines is 1. The molecule has 0 atom stereocenters. The number of azo groups is 1. The van der Waals surface area contributed by atoms with Crippen LogP contribution >= 0.6 is 0 Å². The predicted octanol–water partition coefficient (Wildman–Crippen LogP) is 4.24. The standard InChI is InChI=1S/C26H19N7O11S3/c27-24-23(47(42,43)44)14-20-25(31-32(30-20)18-4-2-1-3-5-18)26(24)29-28-17-10-8-15(21(12-17)45(36,37)38)6-7-16-9-11-19(33(34)35)13-22(16)46(39,40)41/h1-14H,27H2,(H,36,37,38)(H,39,40,41)(H,42,43,44)/b7-6+,29-28?. The Morgan fingerprint density at radius 2 is 1.32 bits per heavy atom. The zero-order valence-electron chi connectivity index (χ0n) is 23.2. The Balaban J connectivity index is 1.60. The van der Waals surface area contributed by atoms with E-state index in [1.54, 1.807) is 30.3 Å². The summed E-state index contributed by atoms with van der Waals surface area (Å²) in [6, 6.07) is 15.3. The van der Waals surface area contributed by atoms with Crippen molar-refractivity contribution in [3.63, 3.8) is 0 Å². The third-order valence-electron chi connectivity index (χ3n) is 6.39. The highest BCUT2D eigenvalue weighted by Crippen LogP contribution is 2.37. The van der Waals surface area contributed by atoms with Crippen LogP contribution in [0.25, 0.3) is 28.9 Å². The second kappa shape index (κ2) is 12.1. The summed E-state index contributed by atoms with van der Waals surface area (Å²) in [4.78, 5) is 9.02. The van der Waals surface area contributed by atoms with Crippen LogP contribution in [0.3, 0.4) is 0 Å². The lowest BCUT2D eigenvalue weighted by molar-refractivity contribution is -0.385. The van der Waals surface area contributed by atoms with E-state index >= 15 is 0 Å². The Bertz CT molecular complexity index is 2480. The van der Waals surface area contributed by atoms with Crippen LogP contribution in [0, 0.1) is 10.1 Å². The number of non-ortho nitro benzene ring substituents is 1. The Kier molecular flexibility index (Phi) is 8.44. The molecule has 1 heterocycles. The first-order valence-corrected chi connectivity index (χ1v) is 17.0. The van der Waals surface area contributed by atoms with Crippen molar-refractivity contribution in [3.05, 3.63) is 94.0 Å². The van der Waals surface area contributed by atoms with Crippen molar-refractivity contribution in [1.29, 1.82) is 0 Å². The van der Waals surface area contributed by atoms with E-state index in [1.165, 1.54) is 6.07 Å². The van der Waals surface area contributed by atoms with Crippen LogP contribution < -0.4 is 5.73 Å². The van der Waals surface area contributed by atoms with Crippen molar-refractivity contribution < 1.29 is 43.8 Å². The van der Waals surface area contributed by atoms with Crippen LogP contribution in [-0.4, -0.2) is 58.8 Å². The third kappa shape index (κ3) is 7.04. The highest BCUT2D eigenvalue weighted by Gasteiger charge is 2.24. The summed E-state index contributed by atoms with van der Waals surface area (Å²) < 4.78 is 101. The van der Waals surface area contributed by atoms with E-state index in [9.17, 15) is 49.0 Å². The molecule has 0 saturated heterocycles. The van der Waals surface area contributed by atoms with Gasteiger partial charge in [-0.15, -0.1) is 15.3 Å². The van der Waals surface area contributed by atoms with Gasteiger partial charge in [0.25, 0.3) is 36.0 Å². The normalized spacial score (nSPS) is 12.7. The molecule has 5 N–H and O–H groups in total. The van der Waals surface area contributed by atoms with Gasteiger partial charge in [-0.1, -0.05) is 36.4 Å². The van der Waals surface area contributed by atoms with E-state index in [2.05, 4.69) is 20.4 Å². The number of para-hydroxylation sites is 1. The Labute approximate surface area is 264 Å². The SMILES string of the molecule is Nc1c(S(=O)(=O)O)cc2nn(-c3ccccc3)nc2c1N=Nc1ccc(/C=C/c2ccc([N+](=O)[O-])cc2S(=O)(=O)O)c(S(=O)(=O)O)c1. The van der Waals surface area contributed by atoms with Crippen LogP contribution in [-0.2, 0) is 30.4 Å². The molecule has 21 heteroatoms. The fourth-order valence-corrected chi connectivity index (χ4v) is 6.29. The van der Waals surface area contributed by atoms with Crippen molar-refractivity contribution in [2.45, 2.75) is 14.7 Å². The minimum atomic E-state index is -4.97. The van der Waals surface area contributed by atoms with Gasteiger partial charge in [0.1, 0.15) is 31.4 Å². The van der Waals surface area contributed by atoms with Gasteiger partial charge in [0.2, 0.25) is 0 Å². The van der Waals surface area contributed by atoms with Crippen LogP contribution in [0.1, 0.15) is 11.1 Å². The van der Waals surface area contributed by atoms with Crippen LogP contribution in [0.5, 0.6) is 0 Å². The molecule has 0 aliphatic heterocycles. The lowest BCUT2D eigenvalue weighted by atomic mass is 10.1. The summed E-state index contributed by atoms with van der Waals surface area (Å²) in [6.07, 6.45) is 2.09. The van der Waals surface area contributed by atoms with Crippen molar-refractivity contribution in [2.24, 2.45) is 10.2 Å². The second-order valence-electron chi connectivity index (χ2n) is 9.49. The predicted molar refractivity (Wildman–Crippen MR) is 165 cm³/mol. The van der Waals surface area contributed by atoms with Crippen molar-refractivity contribution >= 4 is 76.3 Å². The van der Waals surface area contributed by atoms with Gasteiger partial charge in [0.15, 0.2) is 0 Å². The quantitative estimate of drug-likeness (QED) is 0.0418. The van der Waals surface area contributed by atoms with Gasteiger partial charge in [0, 0.05) is 12.1 Å². The average molecular weight is 702 g/mol. The van der Waals surface area contributed by atoms with Crippen molar-refractivity contribution in [1.82, 2.24) is 15.0 Å². The Hall–Kier alpha value is -5.45. The summed E-state index contributed by atoms with van der Waals surface area (Å²) in [6.45, 7) is 0. The first-order chi connectivity index (χ1) is 21.9. The monoisotopic (exact) mass is 701 g/mol. The van der Waals surface area contributed by atoms with Crippen LogP contribution in [0.4, 0.5) is 22.7 Å². The summed E-state index contributed by atoms with van der Waals surface area (Å²) in [5, 5.41) is 27.4. The molecule has 0 fully saturated rings. The minimum absolute atomic E-state index is 0.0326. The number of hydrogen-bond donors (Lipinski definition) is 4. The summed E-state index contributed by atoms with van der Waals surface area (Å²) in [5.41, 5.74) is 4.26.